The molecular formula is C13H22. The largest absolute Gasteiger partial charge is 0.0773 e. The summed E-state index contributed by atoms with van der Waals surface area (Å²) in [7, 11) is 0. The minimum absolute atomic E-state index is 0.331. The van der Waals surface area contributed by atoms with Crippen molar-refractivity contribution in [2.24, 2.45) is 11.3 Å². The Kier molecular flexibility index (Phi) is 3.35. The molecule has 0 saturated heterocycles. The van der Waals surface area contributed by atoms with Crippen LogP contribution in [0.1, 0.15) is 47.0 Å². The number of rotatable bonds is 3. The highest BCUT2D eigenvalue weighted by atomic mass is 14.2. The molecule has 0 radical (unpaired) electrons. The van der Waals surface area contributed by atoms with Crippen LogP contribution in [0.3, 0.4) is 0 Å². The Morgan fingerprint density at radius 3 is 2.46 bits per heavy atom. The Balaban J connectivity index is 2.50. The first-order chi connectivity index (χ1) is 6.04. The lowest BCUT2D eigenvalue weighted by atomic mass is 9.87. The van der Waals surface area contributed by atoms with Gasteiger partial charge < -0.3 is 0 Å². The van der Waals surface area contributed by atoms with Crippen LogP contribution in [-0.2, 0) is 0 Å². The zero-order chi connectivity index (χ0) is 9.90. The van der Waals surface area contributed by atoms with Gasteiger partial charge in [-0.15, -0.1) is 0 Å². The molecule has 0 heteroatoms. The normalized spacial score (nSPS) is 22.2. The Morgan fingerprint density at radius 1 is 1.31 bits per heavy atom. The molecule has 0 nitrogen and oxygen atoms in total. The topological polar surface area (TPSA) is 0 Å². The first-order valence-electron chi connectivity index (χ1n) is 5.44. The predicted molar refractivity (Wildman–Crippen MR) is 59.7 cm³/mol. The average molecular weight is 178 g/mol. The van der Waals surface area contributed by atoms with Gasteiger partial charge in [0.05, 0.1) is 0 Å². The van der Waals surface area contributed by atoms with Gasteiger partial charge in [-0.2, -0.15) is 0 Å². The number of allylic oxidation sites excluding steroid dienone is 4. The zero-order valence-corrected chi connectivity index (χ0v) is 9.43. The second-order valence-electron chi connectivity index (χ2n) is 5.04. The van der Waals surface area contributed by atoms with E-state index in [2.05, 4.69) is 45.9 Å². The molecule has 0 spiro atoms. The third kappa shape index (κ3) is 3.02. The van der Waals surface area contributed by atoms with Crippen molar-refractivity contribution in [1.29, 1.82) is 0 Å². The van der Waals surface area contributed by atoms with Crippen LogP contribution in [-0.4, -0.2) is 0 Å². The minimum Gasteiger partial charge on any atom is -0.0773 e. The third-order valence-electron chi connectivity index (χ3n) is 2.67. The van der Waals surface area contributed by atoms with E-state index in [1.54, 1.807) is 0 Å². The van der Waals surface area contributed by atoms with Crippen molar-refractivity contribution >= 4 is 0 Å². The maximum Gasteiger partial charge on any atom is -0.00443 e. The molecule has 13 heavy (non-hydrogen) atoms. The summed E-state index contributed by atoms with van der Waals surface area (Å²) in [5.41, 5.74) is 1.84. The van der Waals surface area contributed by atoms with E-state index >= 15 is 0 Å². The van der Waals surface area contributed by atoms with Gasteiger partial charge in [-0.1, -0.05) is 58.8 Å². The molecule has 0 fully saturated rings. The van der Waals surface area contributed by atoms with Crippen molar-refractivity contribution in [3.63, 3.8) is 0 Å². The summed E-state index contributed by atoms with van der Waals surface area (Å²) < 4.78 is 0. The average Bonchev–Trinajstić information content (AvgIpc) is 2.47. The van der Waals surface area contributed by atoms with Gasteiger partial charge in [-0.05, 0) is 23.3 Å². The van der Waals surface area contributed by atoms with Gasteiger partial charge in [0.25, 0.3) is 0 Å². The molecule has 0 aliphatic heterocycles. The maximum atomic E-state index is 2.44. The van der Waals surface area contributed by atoms with Crippen LogP contribution in [0.25, 0.3) is 0 Å². The second-order valence-corrected chi connectivity index (χ2v) is 5.04. The Labute approximate surface area is 82.7 Å². The SMILES string of the molecule is CCCCC1C=CC(C(C)(C)C)=C1. The molecule has 1 aliphatic rings. The van der Waals surface area contributed by atoms with Crippen molar-refractivity contribution in [2.45, 2.75) is 47.0 Å². The van der Waals surface area contributed by atoms with Gasteiger partial charge >= 0.3 is 0 Å². The lowest BCUT2D eigenvalue weighted by molar-refractivity contribution is 0.514. The van der Waals surface area contributed by atoms with Gasteiger partial charge in [0, 0.05) is 0 Å². The van der Waals surface area contributed by atoms with E-state index in [0.29, 0.717) is 11.3 Å². The minimum atomic E-state index is 0.331. The third-order valence-corrected chi connectivity index (χ3v) is 2.67. The van der Waals surface area contributed by atoms with Crippen LogP contribution in [0.2, 0.25) is 0 Å². The number of hydrogen-bond acceptors (Lipinski definition) is 0. The van der Waals surface area contributed by atoms with Gasteiger partial charge in [0.2, 0.25) is 0 Å². The lowest BCUT2D eigenvalue weighted by Crippen LogP contribution is -2.06. The first-order valence-corrected chi connectivity index (χ1v) is 5.44. The van der Waals surface area contributed by atoms with Crippen LogP contribution in [0, 0.1) is 11.3 Å². The molecule has 0 aromatic rings. The molecule has 0 aromatic carbocycles. The van der Waals surface area contributed by atoms with Crippen molar-refractivity contribution in [3.05, 3.63) is 23.8 Å². The van der Waals surface area contributed by atoms with Gasteiger partial charge in [0.1, 0.15) is 0 Å². The fourth-order valence-electron chi connectivity index (χ4n) is 1.69. The highest BCUT2D eigenvalue weighted by molar-refractivity contribution is 5.33. The zero-order valence-electron chi connectivity index (χ0n) is 9.43. The molecule has 1 unspecified atom stereocenters. The van der Waals surface area contributed by atoms with Crippen LogP contribution < -0.4 is 0 Å². The second kappa shape index (κ2) is 4.13. The first kappa shape index (κ1) is 10.6. The molecule has 1 aliphatic carbocycles. The summed E-state index contributed by atoms with van der Waals surface area (Å²) in [4.78, 5) is 0. The van der Waals surface area contributed by atoms with E-state index in [9.17, 15) is 0 Å². The quantitative estimate of drug-likeness (QED) is 0.603. The smallest absolute Gasteiger partial charge is 0.00443 e. The molecule has 0 N–H and O–H groups in total. The summed E-state index contributed by atoms with van der Waals surface area (Å²) in [5, 5.41) is 0. The Morgan fingerprint density at radius 2 is 2.00 bits per heavy atom. The summed E-state index contributed by atoms with van der Waals surface area (Å²) in [6, 6.07) is 0. The highest BCUT2D eigenvalue weighted by Gasteiger charge is 2.19. The molecule has 0 amide bonds. The van der Waals surface area contributed by atoms with E-state index < -0.39 is 0 Å². The standard InChI is InChI=1S/C13H22/c1-5-6-7-11-8-9-12(10-11)13(2,3)4/h8-11H,5-7H2,1-4H3. The van der Waals surface area contributed by atoms with Gasteiger partial charge in [-0.25, -0.2) is 0 Å². The fourth-order valence-corrected chi connectivity index (χ4v) is 1.69. The van der Waals surface area contributed by atoms with E-state index in [-0.39, 0.29) is 0 Å². The predicted octanol–water partition coefficient (Wildman–Crippen LogP) is 4.34. The molecule has 74 valence electrons. The van der Waals surface area contributed by atoms with Crippen molar-refractivity contribution in [1.82, 2.24) is 0 Å². The molecule has 0 saturated carbocycles. The fraction of sp³-hybridized carbons (Fsp3) is 0.692. The van der Waals surface area contributed by atoms with E-state index in [1.807, 2.05) is 0 Å². The van der Waals surface area contributed by atoms with Gasteiger partial charge in [0.15, 0.2) is 0 Å². The van der Waals surface area contributed by atoms with Crippen LogP contribution in [0.5, 0.6) is 0 Å². The van der Waals surface area contributed by atoms with E-state index in [4.69, 9.17) is 0 Å². The Bertz CT molecular complexity index is 213. The summed E-state index contributed by atoms with van der Waals surface area (Å²) >= 11 is 0. The molecule has 1 rings (SSSR count). The highest BCUT2D eigenvalue weighted by Crippen LogP contribution is 2.33. The molecule has 0 aromatic heterocycles. The van der Waals surface area contributed by atoms with E-state index in [0.717, 1.165) is 0 Å². The number of unbranched alkanes of at least 4 members (excludes halogenated alkanes) is 1. The summed E-state index contributed by atoms with van der Waals surface area (Å²) in [6.45, 7) is 9.11. The number of hydrogen-bond donors (Lipinski definition) is 0. The molecular weight excluding hydrogens is 156 g/mol. The molecule has 0 heterocycles. The Hall–Kier alpha value is -0.520. The molecule has 1 atom stereocenters. The molecule has 0 bridgehead atoms. The van der Waals surface area contributed by atoms with Gasteiger partial charge in [-0.3, -0.25) is 0 Å². The van der Waals surface area contributed by atoms with Crippen molar-refractivity contribution in [3.8, 4) is 0 Å². The van der Waals surface area contributed by atoms with Crippen LogP contribution in [0.4, 0.5) is 0 Å². The van der Waals surface area contributed by atoms with Crippen LogP contribution in [0.15, 0.2) is 23.8 Å². The lowest BCUT2D eigenvalue weighted by Gasteiger charge is -2.18. The van der Waals surface area contributed by atoms with Crippen molar-refractivity contribution < 1.29 is 0 Å². The summed E-state index contributed by atoms with van der Waals surface area (Å²) in [5.74, 6) is 0.717. The van der Waals surface area contributed by atoms with Crippen LogP contribution >= 0.6 is 0 Å². The maximum absolute atomic E-state index is 2.44. The summed E-state index contributed by atoms with van der Waals surface area (Å²) in [6.07, 6.45) is 11.1. The van der Waals surface area contributed by atoms with E-state index in [1.165, 1.54) is 24.8 Å². The monoisotopic (exact) mass is 178 g/mol. The van der Waals surface area contributed by atoms with Crippen molar-refractivity contribution in [2.75, 3.05) is 0 Å².